The van der Waals surface area contributed by atoms with Gasteiger partial charge in [0.25, 0.3) is 0 Å². The van der Waals surface area contributed by atoms with Gasteiger partial charge in [-0.25, -0.2) is 4.98 Å². The van der Waals surface area contributed by atoms with Crippen LogP contribution in [-0.2, 0) is 17.8 Å². The average Bonchev–Trinajstić information content (AvgIpc) is 3.21. The predicted molar refractivity (Wildman–Crippen MR) is 138 cm³/mol. The Balaban J connectivity index is 1.29. The first-order valence-corrected chi connectivity index (χ1v) is 11.8. The highest BCUT2D eigenvalue weighted by atomic mass is 16.5. The Hall–Kier alpha value is -3.86. The van der Waals surface area contributed by atoms with Crippen molar-refractivity contribution in [2.75, 3.05) is 13.2 Å². The van der Waals surface area contributed by atoms with Crippen LogP contribution in [-0.4, -0.2) is 28.6 Å². The van der Waals surface area contributed by atoms with Crippen LogP contribution in [0, 0.1) is 6.92 Å². The van der Waals surface area contributed by atoms with Crippen LogP contribution in [0.3, 0.4) is 0 Å². The van der Waals surface area contributed by atoms with Gasteiger partial charge in [-0.15, -0.1) is 0 Å². The van der Waals surface area contributed by atoms with E-state index in [-0.39, 0.29) is 5.91 Å². The molecule has 0 aliphatic carbocycles. The quantitative estimate of drug-likeness (QED) is 0.238. The molecule has 3 aromatic carbocycles. The molecular formula is C29H31N3O2. The van der Waals surface area contributed by atoms with Gasteiger partial charge in [-0.05, 0) is 55.7 Å². The fourth-order valence-corrected chi connectivity index (χ4v) is 3.85. The van der Waals surface area contributed by atoms with Crippen molar-refractivity contribution in [3.63, 3.8) is 0 Å². The molecule has 0 saturated heterocycles. The largest absolute Gasteiger partial charge is 0.494 e. The summed E-state index contributed by atoms with van der Waals surface area (Å²) >= 11 is 0. The third-order valence-electron chi connectivity index (χ3n) is 5.67. The third-order valence-corrected chi connectivity index (χ3v) is 5.67. The van der Waals surface area contributed by atoms with Crippen LogP contribution in [0.5, 0.6) is 5.75 Å². The molecule has 0 radical (unpaired) electrons. The lowest BCUT2D eigenvalue weighted by molar-refractivity contribution is -0.116. The number of aromatic nitrogens is 2. The number of nitrogens with zero attached hydrogens (tertiary/aromatic N) is 2. The number of amides is 1. The van der Waals surface area contributed by atoms with Crippen LogP contribution in [0.4, 0.5) is 0 Å². The van der Waals surface area contributed by atoms with E-state index in [2.05, 4.69) is 35.0 Å². The number of carbonyl (C=O) groups is 1. The fourth-order valence-electron chi connectivity index (χ4n) is 3.85. The number of rotatable bonds is 11. The molecule has 1 N–H and O–H groups in total. The number of hydrogen-bond donors (Lipinski definition) is 1. The molecule has 4 aromatic rings. The second kappa shape index (κ2) is 11.8. The molecular weight excluding hydrogens is 422 g/mol. The van der Waals surface area contributed by atoms with Crippen LogP contribution in [0.25, 0.3) is 17.1 Å². The van der Waals surface area contributed by atoms with Gasteiger partial charge in [-0.2, -0.15) is 0 Å². The highest BCUT2D eigenvalue weighted by Gasteiger charge is 2.10. The van der Waals surface area contributed by atoms with Crippen LogP contribution in [0.1, 0.15) is 29.8 Å². The van der Waals surface area contributed by atoms with Gasteiger partial charge < -0.3 is 14.6 Å². The van der Waals surface area contributed by atoms with Gasteiger partial charge in [-0.1, -0.05) is 60.2 Å². The van der Waals surface area contributed by atoms with Crippen molar-refractivity contribution >= 4 is 23.0 Å². The minimum atomic E-state index is -0.0974. The molecule has 0 aliphatic rings. The number of para-hydroxylation sites is 2. The Kier molecular flexibility index (Phi) is 8.12. The first-order chi connectivity index (χ1) is 16.7. The topological polar surface area (TPSA) is 56.1 Å². The Bertz CT molecular complexity index is 1230. The van der Waals surface area contributed by atoms with Crippen LogP contribution in [0.2, 0.25) is 0 Å². The van der Waals surface area contributed by atoms with E-state index in [1.54, 1.807) is 6.08 Å². The number of hydrogen-bond acceptors (Lipinski definition) is 3. The van der Waals surface area contributed by atoms with Gasteiger partial charge in [0, 0.05) is 25.6 Å². The summed E-state index contributed by atoms with van der Waals surface area (Å²) in [6, 6.07) is 26.2. The van der Waals surface area contributed by atoms with Crippen molar-refractivity contribution in [1.82, 2.24) is 14.9 Å². The molecule has 4 rings (SSSR count). The van der Waals surface area contributed by atoms with Gasteiger partial charge in [0.05, 0.1) is 17.6 Å². The third kappa shape index (κ3) is 6.58. The second-order valence-corrected chi connectivity index (χ2v) is 8.32. The molecule has 174 valence electrons. The summed E-state index contributed by atoms with van der Waals surface area (Å²) in [4.78, 5) is 17.0. The first kappa shape index (κ1) is 23.3. The molecule has 34 heavy (non-hydrogen) atoms. The molecule has 0 saturated carbocycles. The van der Waals surface area contributed by atoms with E-state index < -0.39 is 0 Å². The molecule has 0 bridgehead atoms. The summed E-state index contributed by atoms with van der Waals surface area (Å²) in [7, 11) is 0. The highest BCUT2D eigenvalue weighted by molar-refractivity contribution is 5.91. The summed E-state index contributed by atoms with van der Waals surface area (Å²) in [5.41, 5.74) is 4.36. The minimum absolute atomic E-state index is 0.0974. The van der Waals surface area contributed by atoms with E-state index in [9.17, 15) is 4.79 Å². The molecule has 5 heteroatoms. The number of carbonyl (C=O) groups excluding carboxylic acids is 1. The standard InChI is InChI=1S/C29H31N3O2/c1-23-13-16-25(17-14-23)34-22-8-7-21-32-27-12-6-5-11-26(27)31-28(32)19-20-30-29(33)18-15-24-9-3-2-4-10-24/h2-6,9-18H,7-8,19-22H2,1H3,(H,30,33)/b18-15+. The summed E-state index contributed by atoms with van der Waals surface area (Å²) in [6.45, 7) is 4.17. The predicted octanol–water partition coefficient (Wildman–Crippen LogP) is 5.58. The average molecular weight is 454 g/mol. The molecule has 1 amide bonds. The molecule has 0 fully saturated rings. The fraction of sp³-hybridized carbons (Fsp3) is 0.241. The minimum Gasteiger partial charge on any atom is -0.494 e. The summed E-state index contributed by atoms with van der Waals surface area (Å²) in [5, 5.41) is 2.97. The monoisotopic (exact) mass is 453 g/mol. The van der Waals surface area contributed by atoms with Crippen molar-refractivity contribution in [3.8, 4) is 5.75 Å². The maximum Gasteiger partial charge on any atom is 0.244 e. The number of ether oxygens (including phenoxy) is 1. The van der Waals surface area contributed by atoms with E-state index in [4.69, 9.17) is 9.72 Å². The molecule has 0 unspecified atom stereocenters. The maximum atomic E-state index is 12.2. The number of fused-ring (bicyclic) bond motifs is 1. The van der Waals surface area contributed by atoms with Crippen molar-refractivity contribution in [1.29, 1.82) is 0 Å². The van der Waals surface area contributed by atoms with Crippen molar-refractivity contribution < 1.29 is 9.53 Å². The van der Waals surface area contributed by atoms with Gasteiger partial charge >= 0.3 is 0 Å². The van der Waals surface area contributed by atoms with E-state index in [0.717, 1.165) is 47.6 Å². The van der Waals surface area contributed by atoms with Crippen molar-refractivity contribution in [3.05, 3.63) is 102 Å². The smallest absolute Gasteiger partial charge is 0.244 e. The van der Waals surface area contributed by atoms with Crippen LogP contribution >= 0.6 is 0 Å². The van der Waals surface area contributed by atoms with Gasteiger partial charge in [0.2, 0.25) is 5.91 Å². The van der Waals surface area contributed by atoms with E-state index in [0.29, 0.717) is 19.6 Å². The van der Waals surface area contributed by atoms with E-state index in [1.165, 1.54) is 5.56 Å². The van der Waals surface area contributed by atoms with Crippen molar-refractivity contribution in [2.45, 2.75) is 32.7 Å². The molecule has 1 heterocycles. The summed E-state index contributed by atoms with van der Waals surface area (Å²) in [6.07, 6.45) is 6.03. The van der Waals surface area contributed by atoms with Gasteiger partial charge in [-0.3, -0.25) is 4.79 Å². The second-order valence-electron chi connectivity index (χ2n) is 8.32. The Morgan fingerprint density at radius 2 is 1.74 bits per heavy atom. The number of nitrogens with one attached hydrogen (secondary N) is 1. The lowest BCUT2D eigenvalue weighted by atomic mass is 10.2. The maximum absolute atomic E-state index is 12.2. The number of unbranched alkanes of at least 4 members (excludes halogenated alkanes) is 1. The molecule has 5 nitrogen and oxygen atoms in total. The first-order valence-electron chi connectivity index (χ1n) is 11.8. The van der Waals surface area contributed by atoms with E-state index >= 15 is 0 Å². The summed E-state index contributed by atoms with van der Waals surface area (Å²) < 4.78 is 8.14. The molecule has 1 aromatic heterocycles. The lowest BCUT2D eigenvalue weighted by Gasteiger charge is -2.10. The van der Waals surface area contributed by atoms with E-state index in [1.807, 2.05) is 66.7 Å². The zero-order valence-corrected chi connectivity index (χ0v) is 19.6. The number of benzene rings is 3. The zero-order valence-electron chi connectivity index (χ0n) is 19.6. The number of imidazole rings is 1. The molecule has 0 aliphatic heterocycles. The van der Waals surface area contributed by atoms with Gasteiger partial charge in [0.15, 0.2) is 0 Å². The molecule has 0 spiro atoms. The van der Waals surface area contributed by atoms with Crippen molar-refractivity contribution in [2.24, 2.45) is 0 Å². The lowest BCUT2D eigenvalue weighted by Crippen LogP contribution is -2.24. The Morgan fingerprint density at radius 3 is 2.56 bits per heavy atom. The SMILES string of the molecule is Cc1ccc(OCCCCn2c(CCNC(=O)/C=C/c3ccccc3)nc3ccccc32)cc1. The Morgan fingerprint density at radius 1 is 0.971 bits per heavy atom. The molecule has 0 atom stereocenters. The zero-order chi connectivity index (χ0) is 23.6. The summed E-state index contributed by atoms with van der Waals surface area (Å²) in [5.74, 6) is 1.81. The normalized spacial score (nSPS) is 11.2. The number of aryl methyl sites for hydroxylation is 2. The van der Waals surface area contributed by atoms with Gasteiger partial charge in [0.1, 0.15) is 11.6 Å². The highest BCUT2D eigenvalue weighted by Crippen LogP contribution is 2.18. The Labute approximate surface area is 201 Å². The van der Waals surface area contributed by atoms with Crippen LogP contribution in [0.15, 0.2) is 84.9 Å². The van der Waals surface area contributed by atoms with Crippen LogP contribution < -0.4 is 10.1 Å².